The first-order valence-electron chi connectivity index (χ1n) is 8.65. The van der Waals surface area contributed by atoms with Gasteiger partial charge in [0.1, 0.15) is 11.6 Å². The van der Waals surface area contributed by atoms with Crippen molar-refractivity contribution in [2.75, 3.05) is 11.3 Å². The number of aromatic amines is 2. The Morgan fingerprint density at radius 3 is 2.38 bits per heavy atom. The molecule has 0 bridgehead atoms. The maximum Gasteiger partial charge on any atom is 0.340 e. The van der Waals surface area contributed by atoms with Crippen LogP contribution >= 0.6 is 0 Å². The average molecular weight is 417 g/mol. The van der Waals surface area contributed by atoms with E-state index in [9.17, 15) is 18.0 Å². The van der Waals surface area contributed by atoms with Gasteiger partial charge in [-0.15, -0.1) is 0 Å². The molecule has 0 aliphatic carbocycles. The Morgan fingerprint density at radius 1 is 1.10 bits per heavy atom. The largest absolute Gasteiger partial charge is 0.494 e. The standard InChI is InChI=1S/C18H19N5O5S/c1-2-28-14-7-5-13(6-8-14)23-29(26,27)15-9-3-12(4-10-15)17(24)19-11-16-20-18(25)22-21-16/h3-10,23H,2,11H2,1H3,(H,19,24)(H2,20,21,22,25). The number of aromatic nitrogens is 3. The molecule has 0 unspecified atom stereocenters. The minimum Gasteiger partial charge on any atom is -0.494 e. The highest BCUT2D eigenvalue weighted by Crippen LogP contribution is 2.20. The van der Waals surface area contributed by atoms with E-state index in [1.807, 2.05) is 6.92 Å². The van der Waals surface area contributed by atoms with Crippen LogP contribution in [-0.4, -0.2) is 36.1 Å². The van der Waals surface area contributed by atoms with Gasteiger partial charge in [0.05, 0.1) is 18.0 Å². The van der Waals surface area contributed by atoms with E-state index in [-0.39, 0.29) is 22.8 Å². The second-order valence-corrected chi connectivity index (χ2v) is 7.58. The molecule has 1 aromatic heterocycles. The van der Waals surface area contributed by atoms with Gasteiger partial charge in [-0.25, -0.2) is 18.3 Å². The summed E-state index contributed by atoms with van der Waals surface area (Å²) in [4.78, 5) is 25.5. The summed E-state index contributed by atoms with van der Waals surface area (Å²) in [6, 6.07) is 12.0. The SMILES string of the molecule is CCOc1ccc(NS(=O)(=O)c2ccc(C(=O)NCc3n[nH]c(=O)[nH]3)cc2)cc1. The molecule has 0 radical (unpaired) electrons. The minimum atomic E-state index is -3.81. The second-order valence-electron chi connectivity index (χ2n) is 5.89. The lowest BCUT2D eigenvalue weighted by molar-refractivity contribution is 0.0950. The van der Waals surface area contributed by atoms with Crippen molar-refractivity contribution in [3.8, 4) is 5.75 Å². The van der Waals surface area contributed by atoms with Gasteiger partial charge in [-0.1, -0.05) is 0 Å². The first kappa shape index (κ1) is 20.1. The number of anilines is 1. The van der Waals surface area contributed by atoms with Gasteiger partial charge >= 0.3 is 5.69 Å². The van der Waals surface area contributed by atoms with Crippen molar-refractivity contribution in [1.82, 2.24) is 20.5 Å². The molecule has 0 saturated carbocycles. The molecule has 2 aromatic carbocycles. The van der Waals surface area contributed by atoms with Crippen molar-refractivity contribution in [2.24, 2.45) is 0 Å². The Hall–Kier alpha value is -3.60. The number of carbonyl (C=O) groups is 1. The van der Waals surface area contributed by atoms with Gasteiger partial charge in [0.15, 0.2) is 0 Å². The lowest BCUT2D eigenvalue weighted by Crippen LogP contribution is -2.23. The third kappa shape index (κ3) is 5.23. The van der Waals surface area contributed by atoms with E-state index in [1.165, 1.54) is 24.3 Å². The van der Waals surface area contributed by atoms with Crippen molar-refractivity contribution in [1.29, 1.82) is 0 Å². The zero-order valence-corrected chi connectivity index (χ0v) is 16.2. The van der Waals surface area contributed by atoms with Crippen molar-refractivity contribution in [2.45, 2.75) is 18.4 Å². The molecule has 4 N–H and O–H groups in total. The van der Waals surface area contributed by atoms with Gasteiger partial charge in [0.25, 0.3) is 15.9 Å². The average Bonchev–Trinajstić information content (AvgIpc) is 3.13. The molecule has 3 aromatic rings. The zero-order chi connectivity index (χ0) is 20.9. The molecule has 10 nitrogen and oxygen atoms in total. The highest BCUT2D eigenvalue weighted by Gasteiger charge is 2.15. The Kier molecular flexibility index (Phi) is 5.98. The van der Waals surface area contributed by atoms with Crippen LogP contribution in [0.3, 0.4) is 0 Å². The summed E-state index contributed by atoms with van der Waals surface area (Å²) < 4.78 is 32.8. The summed E-state index contributed by atoms with van der Waals surface area (Å²) in [5, 5.41) is 8.45. The fourth-order valence-corrected chi connectivity index (χ4v) is 3.50. The summed E-state index contributed by atoms with van der Waals surface area (Å²) in [6.07, 6.45) is 0. The summed E-state index contributed by atoms with van der Waals surface area (Å²) in [6.45, 7) is 2.40. The van der Waals surface area contributed by atoms with Crippen molar-refractivity contribution < 1.29 is 17.9 Å². The first-order valence-corrected chi connectivity index (χ1v) is 10.1. The van der Waals surface area contributed by atoms with Gasteiger partial charge in [0.2, 0.25) is 0 Å². The Balaban J connectivity index is 1.64. The fraction of sp³-hybridized carbons (Fsp3) is 0.167. The molecule has 11 heteroatoms. The smallest absolute Gasteiger partial charge is 0.340 e. The molecule has 1 amide bonds. The predicted octanol–water partition coefficient (Wildman–Crippen LogP) is 1.23. The number of sulfonamides is 1. The van der Waals surface area contributed by atoms with Gasteiger partial charge in [-0.2, -0.15) is 5.10 Å². The van der Waals surface area contributed by atoms with E-state index in [1.54, 1.807) is 24.3 Å². The van der Waals surface area contributed by atoms with Crippen molar-refractivity contribution in [3.05, 3.63) is 70.4 Å². The van der Waals surface area contributed by atoms with Gasteiger partial charge in [-0.05, 0) is 55.5 Å². The van der Waals surface area contributed by atoms with E-state index >= 15 is 0 Å². The molecule has 0 aliphatic heterocycles. The van der Waals surface area contributed by atoms with Crippen molar-refractivity contribution in [3.63, 3.8) is 0 Å². The Morgan fingerprint density at radius 2 is 1.79 bits per heavy atom. The number of hydrogen-bond acceptors (Lipinski definition) is 6. The number of ether oxygens (including phenoxy) is 1. The van der Waals surface area contributed by atoms with Crippen LogP contribution in [0.1, 0.15) is 23.1 Å². The van der Waals surface area contributed by atoms with Crippen LogP contribution in [0.15, 0.2) is 58.2 Å². The fourth-order valence-electron chi connectivity index (χ4n) is 2.44. The van der Waals surface area contributed by atoms with Crippen LogP contribution in [0, 0.1) is 0 Å². The highest BCUT2D eigenvalue weighted by molar-refractivity contribution is 7.92. The van der Waals surface area contributed by atoms with Crippen LogP contribution in [0.5, 0.6) is 5.75 Å². The number of nitrogens with zero attached hydrogens (tertiary/aromatic N) is 1. The summed E-state index contributed by atoms with van der Waals surface area (Å²) in [5.41, 5.74) is 0.190. The Bertz CT molecular complexity index is 1130. The second kappa shape index (κ2) is 8.61. The molecule has 29 heavy (non-hydrogen) atoms. The third-order valence-electron chi connectivity index (χ3n) is 3.81. The Labute approximate surface area is 166 Å². The van der Waals surface area contributed by atoms with Gasteiger partial charge in [0, 0.05) is 11.3 Å². The number of hydrogen-bond donors (Lipinski definition) is 4. The quantitative estimate of drug-likeness (QED) is 0.434. The number of carbonyl (C=O) groups excluding carboxylic acids is 1. The molecule has 3 rings (SSSR count). The van der Waals surface area contributed by atoms with E-state index in [0.29, 0.717) is 18.0 Å². The molecule has 152 valence electrons. The van der Waals surface area contributed by atoms with E-state index in [4.69, 9.17) is 4.74 Å². The molecule has 1 heterocycles. The maximum atomic E-state index is 12.5. The normalized spacial score (nSPS) is 11.1. The topological polar surface area (TPSA) is 146 Å². The van der Waals surface area contributed by atoms with Crippen LogP contribution < -0.4 is 20.5 Å². The number of benzene rings is 2. The molecule has 0 aliphatic rings. The third-order valence-corrected chi connectivity index (χ3v) is 5.21. The van der Waals surface area contributed by atoms with Gasteiger partial charge < -0.3 is 10.1 Å². The number of amides is 1. The maximum absolute atomic E-state index is 12.5. The minimum absolute atomic E-state index is 0.0135. The highest BCUT2D eigenvalue weighted by atomic mass is 32.2. The van der Waals surface area contributed by atoms with Gasteiger partial charge in [-0.3, -0.25) is 14.5 Å². The summed E-state index contributed by atoms with van der Waals surface area (Å²) in [7, 11) is -3.81. The van der Waals surface area contributed by atoms with E-state index in [0.717, 1.165) is 0 Å². The monoisotopic (exact) mass is 417 g/mol. The van der Waals surface area contributed by atoms with E-state index < -0.39 is 21.6 Å². The zero-order valence-electron chi connectivity index (χ0n) is 15.4. The van der Waals surface area contributed by atoms with Crippen LogP contribution in [0.25, 0.3) is 0 Å². The first-order chi connectivity index (χ1) is 13.9. The number of nitrogens with one attached hydrogen (secondary N) is 4. The predicted molar refractivity (Wildman–Crippen MR) is 105 cm³/mol. The lowest BCUT2D eigenvalue weighted by Gasteiger charge is -2.10. The summed E-state index contributed by atoms with van der Waals surface area (Å²) in [5.74, 6) is 0.490. The lowest BCUT2D eigenvalue weighted by atomic mass is 10.2. The molecular formula is C18H19N5O5S. The number of H-pyrrole nitrogens is 2. The summed E-state index contributed by atoms with van der Waals surface area (Å²) >= 11 is 0. The molecule has 0 spiro atoms. The van der Waals surface area contributed by atoms with Crippen LogP contribution in [0.2, 0.25) is 0 Å². The molecule has 0 saturated heterocycles. The van der Waals surface area contributed by atoms with E-state index in [2.05, 4.69) is 25.2 Å². The van der Waals surface area contributed by atoms with Crippen LogP contribution in [0.4, 0.5) is 5.69 Å². The molecule has 0 atom stereocenters. The van der Waals surface area contributed by atoms with Crippen molar-refractivity contribution >= 4 is 21.6 Å². The molecule has 0 fully saturated rings. The molecular weight excluding hydrogens is 398 g/mol. The van der Waals surface area contributed by atoms with Crippen LogP contribution in [-0.2, 0) is 16.6 Å². The number of rotatable bonds is 8.